The van der Waals surface area contributed by atoms with E-state index in [9.17, 15) is 4.79 Å². The number of hydrogen-bond donors (Lipinski definition) is 2. The van der Waals surface area contributed by atoms with Gasteiger partial charge in [0.1, 0.15) is 10.7 Å². The zero-order chi connectivity index (χ0) is 13.7. The fourth-order valence-electron chi connectivity index (χ4n) is 1.60. The van der Waals surface area contributed by atoms with Gasteiger partial charge in [-0.3, -0.25) is 4.79 Å². The number of carbonyl (C=O) groups is 1. The zero-order valence-electron chi connectivity index (χ0n) is 10.8. The number of carbonyl (C=O) groups excluding carboxylic acids is 1. The second kappa shape index (κ2) is 6.35. The third-order valence-electron chi connectivity index (χ3n) is 2.37. The van der Waals surface area contributed by atoms with Crippen molar-refractivity contribution in [2.45, 2.75) is 20.3 Å². The summed E-state index contributed by atoms with van der Waals surface area (Å²) in [6, 6.07) is 5.30. The van der Waals surface area contributed by atoms with E-state index in [0.29, 0.717) is 23.4 Å². The normalized spacial score (nSPS) is 10.2. The molecule has 18 heavy (non-hydrogen) atoms. The van der Waals surface area contributed by atoms with E-state index in [1.807, 2.05) is 13.8 Å². The molecule has 0 radical (unpaired) electrons. The highest BCUT2D eigenvalue weighted by atomic mass is 32.1. The minimum absolute atomic E-state index is 0.0769. The first-order valence-electron chi connectivity index (χ1n) is 5.72. The van der Waals surface area contributed by atoms with Crippen molar-refractivity contribution in [1.29, 1.82) is 0 Å². The number of benzene rings is 1. The summed E-state index contributed by atoms with van der Waals surface area (Å²) in [5.74, 6) is 0.761. The van der Waals surface area contributed by atoms with Crippen molar-refractivity contribution >= 4 is 28.8 Å². The lowest BCUT2D eigenvalue weighted by Crippen LogP contribution is -2.19. The van der Waals surface area contributed by atoms with Crippen LogP contribution in [0.3, 0.4) is 0 Å². The van der Waals surface area contributed by atoms with Crippen LogP contribution in [0.25, 0.3) is 0 Å². The van der Waals surface area contributed by atoms with E-state index >= 15 is 0 Å². The van der Waals surface area contributed by atoms with Gasteiger partial charge in [-0.1, -0.05) is 32.1 Å². The van der Waals surface area contributed by atoms with Crippen molar-refractivity contribution in [2.24, 2.45) is 11.7 Å². The van der Waals surface area contributed by atoms with Gasteiger partial charge in [-0.25, -0.2) is 0 Å². The van der Waals surface area contributed by atoms with E-state index in [1.54, 1.807) is 18.2 Å². The van der Waals surface area contributed by atoms with Gasteiger partial charge in [0.25, 0.3) is 0 Å². The summed E-state index contributed by atoms with van der Waals surface area (Å²) in [4.78, 5) is 12.0. The quantitative estimate of drug-likeness (QED) is 0.803. The Bertz CT molecular complexity index is 458. The topological polar surface area (TPSA) is 64.3 Å². The van der Waals surface area contributed by atoms with E-state index in [0.717, 1.165) is 0 Å². The van der Waals surface area contributed by atoms with Crippen LogP contribution in [0.1, 0.15) is 25.8 Å². The van der Waals surface area contributed by atoms with Gasteiger partial charge in [-0.2, -0.15) is 0 Å². The summed E-state index contributed by atoms with van der Waals surface area (Å²) >= 11 is 4.97. The number of hydrogen-bond acceptors (Lipinski definition) is 3. The molecule has 4 nitrogen and oxygen atoms in total. The van der Waals surface area contributed by atoms with Crippen molar-refractivity contribution in [3.05, 3.63) is 23.8 Å². The molecule has 0 aliphatic heterocycles. The molecule has 0 fully saturated rings. The Labute approximate surface area is 113 Å². The Morgan fingerprint density at radius 3 is 2.67 bits per heavy atom. The summed E-state index contributed by atoms with van der Waals surface area (Å²) in [5, 5.41) is 2.81. The Hall–Kier alpha value is -1.62. The van der Waals surface area contributed by atoms with Gasteiger partial charge < -0.3 is 15.8 Å². The molecule has 5 heteroatoms. The molecular weight excluding hydrogens is 248 g/mol. The molecule has 0 aromatic heterocycles. The van der Waals surface area contributed by atoms with Crippen molar-refractivity contribution in [1.82, 2.24) is 0 Å². The van der Waals surface area contributed by atoms with Crippen LogP contribution >= 0.6 is 12.2 Å². The molecule has 0 unspecified atom stereocenters. The number of methoxy groups -OCH3 is 1. The molecule has 0 aliphatic rings. The second-order valence-electron chi connectivity index (χ2n) is 4.39. The molecule has 0 atom stereocenters. The van der Waals surface area contributed by atoms with Gasteiger partial charge >= 0.3 is 0 Å². The smallest absolute Gasteiger partial charge is 0.224 e. The summed E-state index contributed by atoms with van der Waals surface area (Å²) in [6.45, 7) is 3.96. The second-order valence-corrected chi connectivity index (χ2v) is 4.83. The maximum Gasteiger partial charge on any atom is 0.224 e. The number of ether oxygens (including phenoxy) is 1. The fourth-order valence-corrected chi connectivity index (χ4v) is 1.77. The standard InChI is InChI=1S/C13H18N2O2S/c1-8(2)7-11(16)15-12-9(13(14)18)5-4-6-10(12)17-3/h4-6,8H,7H2,1-3H3,(H2,14,18)(H,15,16). The van der Waals surface area contributed by atoms with Gasteiger partial charge in [0, 0.05) is 12.0 Å². The molecule has 0 saturated carbocycles. The fraction of sp³-hybridized carbons (Fsp3) is 0.385. The van der Waals surface area contributed by atoms with Crippen LogP contribution in [0.5, 0.6) is 5.75 Å². The van der Waals surface area contributed by atoms with E-state index in [2.05, 4.69) is 5.32 Å². The van der Waals surface area contributed by atoms with Crippen LogP contribution in [0.4, 0.5) is 5.69 Å². The van der Waals surface area contributed by atoms with Gasteiger partial charge in [-0.05, 0) is 18.1 Å². The third-order valence-corrected chi connectivity index (χ3v) is 2.59. The molecule has 98 valence electrons. The minimum atomic E-state index is -0.0769. The number of anilines is 1. The maximum atomic E-state index is 11.8. The van der Waals surface area contributed by atoms with Gasteiger partial charge in [0.15, 0.2) is 0 Å². The Kier molecular flexibility index (Phi) is 5.09. The first kappa shape index (κ1) is 14.4. The van der Waals surface area contributed by atoms with Crippen LogP contribution in [0.2, 0.25) is 0 Å². The van der Waals surface area contributed by atoms with E-state index < -0.39 is 0 Å². The molecule has 0 aliphatic carbocycles. The predicted molar refractivity (Wildman–Crippen MR) is 77.0 cm³/mol. The molecule has 0 spiro atoms. The summed E-state index contributed by atoms with van der Waals surface area (Å²) in [5.41, 5.74) is 6.79. The van der Waals surface area contributed by atoms with Crippen LogP contribution in [0.15, 0.2) is 18.2 Å². The molecule has 1 aromatic rings. The molecule has 0 bridgehead atoms. The van der Waals surface area contributed by atoms with E-state index in [-0.39, 0.29) is 16.8 Å². The lowest BCUT2D eigenvalue weighted by Gasteiger charge is -2.14. The first-order valence-corrected chi connectivity index (χ1v) is 6.13. The highest BCUT2D eigenvalue weighted by molar-refractivity contribution is 7.80. The number of para-hydroxylation sites is 1. The third kappa shape index (κ3) is 3.70. The number of rotatable bonds is 5. The Balaban J connectivity index is 3.05. The van der Waals surface area contributed by atoms with Gasteiger partial charge in [-0.15, -0.1) is 0 Å². The average molecular weight is 266 g/mol. The van der Waals surface area contributed by atoms with E-state index in [4.69, 9.17) is 22.7 Å². The highest BCUT2D eigenvalue weighted by Gasteiger charge is 2.14. The van der Waals surface area contributed by atoms with Crippen LogP contribution in [0, 0.1) is 5.92 Å². The number of amides is 1. The SMILES string of the molecule is COc1cccc(C(N)=S)c1NC(=O)CC(C)C. The van der Waals surface area contributed by atoms with Crippen LogP contribution < -0.4 is 15.8 Å². The van der Waals surface area contributed by atoms with Crippen molar-refractivity contribution in [3.63, 3.8) is 0 Å². The average Bonchev–Trinajstić information content (AvgIpc) is 2.27. The molecular formula is C13H18N2O2S. The van der Waals surface area contributed by atoms with Crippen LogP contribution in [-0.4, -0.2) is 18.0 Å². The van der Waals surface area contributed by atoms with Gasteiger partial charge in [0.05, 0.1) is 12.8 Å². The summed E-state index contributed by atoms with van der Waals surface area (Å²) in [7, 11) is 1.54. The van der Waals surface area contributed by atoms with Gasteiger partial charge in [0.2, 0.25) is 5.91 Å². The number of nitrogens with two attached hydrogens (primary N) is 1. The summed E-state index contributed by atoms with van der Waals surface area (Å²) in [6.07, 6.45) is 0.439. The molecule has 0 heterocycles. The lowest BCUT2D eigenvalue weighted by atomic mass is 10.1. The van der Waals surface area contributed by atoms with Crippen molar-refractivity contribution < 1.29 is 9.53 Å². The molecule has 0 saturated heterocycles. The monoisotopic (exact) mass is 266 g/mol. The molecule has 3 N–H and O–H groups in total. The first-order chi connectivity index (χ1) is 8.45. The van der Waals surface area contributed by atoms with Crippen molar-refractivity contribution in [3.8, 4) is 5.75 Å². The summed E-state index contributed by atoms with van der Waals surface area (Å²) < 4.78 is 5.21. The number of thiocarbonyl (C=S) groups is 1. The largest absolute Gasteiger partial charge is 0.495 e. The minimum Gasteiger partial charge on any atom is -0.495 e. The molecule has 1 aromatic carbocycles. The molecule has 1 amide bonds. The zero-order valence-corrected chi connectivity index (χ0v) is 11.6. The van der Waals surface area contributed by atoms with Crippen LogP contribution in [-0.2, 0) is 4.79 Å². The van der Waals surface area contributed by atoms with Crippen molar-refractivity contribution in [2.75, 3.05) is 12.4 Å². The maximum absolute atomic E-state index is 11.8. The number of nitrogens with one attached hydrogen (secondary N) is 1. The van der Waals surface area contributed by atoms with E-state index in [1.165, 1.54) is 7.11 Å². The molecule has 1 rings (SSSR count). The Morgan fingerprint density at radius 2 is 2.17 bits per heavy atom. The highest BCUT2D eigenvalue weighted by Crippen LogP contribution is 2.28. The Morgan fingerprint density at radius 1 is 1.50 bits per heavy atom. The lowest BCUT2D eigenvalue weighted by molar-refractivity contribution is -0.116. The predicted octanol–water partition coefficient (Wildman–Crippen LogP) is 2.31.